The molecule has 3 nitrogen and oxygen atoms in total. The Morgan fingerprint density at radius 2 is 2.36 bits per heavy atom. The highest BCUT2D eigenvalue weighted by molar-refractivity contribution is 5.32. The highest BCUT2D eigenvalue weighted by Crippen LogP contribution is 2.29. The van der Waals surface area contributed by atoms with Gasteiger partial charge in [-0.15, -0.1) is 0 Å². The first-order valence-corrected chi connectivity index (χ1v) is 4.72. The fourth-order valence-electron chi connectivity index (χ4n) is 1.14. The molecule has 1 aliphatic carbocycles. The van der Waals surface area contributed by atoms with E-state index in [9.17, 15) is 4.39 Å². The van der Waals surface area contributed by atoms with Gasteiger partial charge in [0, 0.05) is 12.6 Å². The van der Waals surface area contributed by atoms with Crippen molar-refractivity contribution < 1.29 is 4.39 Å². The molecule has 1 saturated carbocycles. The van der Waals surface area contributed by atoms with E-state index in [1.165, 1.54) is 25.2 Å². The summed E-state index contributed by atoms with van der Waals surface area (Å²) >= 11 is 0. The first-order valence-electron chi connectivity index (χ1n) is 4.72. The number of aromatic nitrogens is 2. The molecule has 0 amide bonds. The lowest BCUT2D eigenvalue weighted by Crippen LogP contribution is -2.01. The Kier molecular flexibility index (Phi) is 2.72. The smallest absolute Gasteiger partial charge is 0.217 e. The minimum Gasteiger partial charge on any atom is -0.366 e. The molecule has 1 aromatic heterocycles. The molecule has 1 aliphatic rings. The fourth-order valence-corrected chi connectivity index (χ4v) is 1.14. The highest BCUT2D eigenvalue weighted by atomic mass is 19.1. The first kappa shape index (κ1) is 9.12. The number of anilines is 1. The SMILES string of the molecule is Fc1cc(NC/C=C/C2CC2)ncn1. The van der Waals surface area contributed by atoms with Crippen LogP contribution in [0.3, 0.4) is 0 Å². The van der Waals surface area contributed by atoms with E-state index in [0.717, 1.165) is 5.92 Å². The molecular formula is C10H12FN3. The second-order valence-corrected chi connectivity index (χ2v) is 3.37. The van der Waals surface area contributed by atoms with Crippen molar-refractivity contribution in [2.45, 2.75) is 12.8 Å². The predicted molar refractivity (Wildman–Crippen MR) is 52.3 cm³/mol. The molecule has 74 valence electrons. The molecule has 0 saturated heterocycles. The standard InChI is InChI=1S/C10H12FN3/c11-9-6-10(14-7-13-9)12-5-1-2-8-3-4-8/h1-2,6-8H,3-5H2,(H,12,13,14)/b2-1+. The molecule has 1 aromatic rings. The molecule has 0 radical (unpaired) electrons. The fraction of sp³-hybridized carbons (Fsp3) is 0.400. The predicted octanol–water partition coefficient (Wildman–Crippen LogP) is 1.99. The number of nitrogens with one attached hydrogen (secondary N) is 1. The third-order valence-corrected chi connectivity index (χ3v) is 2.06. The van der Waals surface area contributed by atoms with E-state index in [0.29, 0.717) is 12.4 Å². The van der Waals surface area contributed by atoms with E-state index in [1.807, 2.05) is 0 Å². The third-order valence-electron chi connectivity index (χ3n) is 2.06. The molecule has 2 rings (SSSR count). The van der Waals surface area contributed by atoms with Crippen molar-refractivity contribution in [1.29, 1.82) is 0 Å². The maximum Gasteiger partial charge on any atom is 0.217 e. The quantitative estimate of drug-likeness (QED) is 0.587. The van der Waals surface area contributed by atoms with Crippen molar-refractivity contribution in [3.8, 4) is 0 Å². The summed E-state index contributed by atoms with van der Waals surface area (Å²) in [6.45, 7) is 0.687. The Bertz CT molecular complexity index is 334. The van der Waals surface area contributed by atoms with Gasteiger partial charge in [0.15, 0.2) is 0 Å². The Balaban J connectivity index is 1.79. The van der Waals surface area contributed by atoms with Gasteiger partial charge < -0.3 is 5.32 Å². The van der Waals surface area contributed by atoms with E-state index >= 15 is 0 Å². The number of allylic oxidation sites excluding steroid dienone is 1. The second kappa shape index (κ2) is 4.17. The van der Waals surface area contributed by atoms with Crippen LogP contribution in [-0.4, -0.2) is 16.5 Å². The zero-order valence-corrected chi connectivity index (χ0v) is 7.78. The van der Waals surface area contributed by atoms with Crippen LogP contribution in [0.4, 0.5) is 10.2 Å². The molecule has 14 heavy (non-hydrogen) atoms. The van der Waals surface area contributed by atoms with Crippen LogP contribution in [0.15, 0.2) is 24.5 Å². The number of hydrogen-bond acceptors (Lipinski definition) is 3. The van der Waals surface area contributed by atoms with E-state index in [1.54, 1.807) is 0 Å². The van der Waals surface area contributed by atoms with Gasteiger partial charge in [0.05, 0.1) is 0 Å². The zero-order valence-electron chi connectivity index (χ0n) is 7.78. The minimum absolute atomic E-state index is 0.506. The van der Waals surface area contributed by atoms with Crippen LogP contribution in [0.2, 0.25) is 0 Å². The normalized spacial score (nSPS) is 16.1. The molecule has 4 heteroatoms. The summed E-state index contributed by atoms with van der Waals surface area (Å²) < 4.78 is 12.6. The summed E-state index contributed by atoms with van der Waals surface area (Å²) in [7, 11) is 0. The van der Waals surface area contributed by atoms with E-state index < -0.39 is 5.95 Å². The Morgan fingerprint density at radius 1 is 1.50 bits per heavy atom. The molecular weight excluding hydrogens is 181 g/mol. The molecule has 0 unspecified atom stereocenters. The van der Waals surface area contributed by atoms with Gasteiger partial charge in [-0.3, -0.25) is 0 Å². The van der Waals surface area contributed by atoms with Crippen LogP contribution in [0.25, 0.3) is 0 Å². The Labute approximate surface area is 82.1 Å². The summed E-state index contributed by atoms with van der Waals surface area (Å²) in [6.07, 6.45) is 8.06. The molecule has 0 bridgehead atoms. The van der Waals surface area contributed by atoms with E-state index in [-0.39, 0.29) is 0 Å². The molecule has 1 fully saturated rings. The second-order valence-electron chi connectivity index (χ2n) is 3.37. The lowest BCUT2D eigenvalue weighted by atomic mass is 10.3. The molecule has 1 N–H and O–H groups in total. The maximum atomic E-state index is 12.6. The highest BCUT2D eigenvalue weighted by Gasteiger charge is 2.16. The lowest BCUT2D eigenvalue weighted by molar-refractivity contribution is 0.580. The van der Waals surface area contributed by atoms with Crippen molar-refractivity contribution in [2.24, 2.45) is 5.92 Å². The monoisotopic (exact) mass is 193 g/mol. The van der Waals surface area contributed by atoms with Crippen LogP contribution in [0.5, 0.6) is 0 Å². The Hall–Kier alpha value is -1.45. The van der Waals surface area contributed by atoms with Gasteiger partial charge in [0.2, 0.25) is 5.95 Å². The average molecular weight is 193 g/mol. The topological polar surface area (TPSA) is 37.8 Å². The molecule has 0 spiro atoms. The minimum atomic E-state index is -0.506. The largest absolute Gasteiger partial charge is 0.366 e. The van der Waals surface area contributed by atoms with Gasteiger partial charge in [-0.2, -0.15) is 4.39 Å². The van der Waals surface area contributed by atoms with E-state index in [4.69, 9.17) is 0 Å². The van der Waals surface area contributed by atoms with Gasteiger partial charge in [0.1, 0.15) is 12.1 Å². The van der Waals surface area contributed by atoms with Gasteiger partial charge in [-0.05, 0) is 18.8 Å². The average Bonchev–Trinajstić information content (AvgIpc) is 2.96. The van der Waals surface area contributed by atoms with Gasteiger partial charge >= 0.3 is 0 Å². The number of rotatable bonds is 4. The van der Waals surface area contributed by atoms with Gasteiger partial charge in [-0.25, -0.2) is 9.97 Å². The molecule has 0 aliphatic heterocycles. The van der Waals surface area contributed by atoms with Crippen LogP contribution in [0, 0.1) is 11.9 Å². The van der Waals surface area contributed by atoms with Crippen molar-refractivity contribution >= 4 is 5.82 Å². The van der Waals surface area contributed by atoms with Crippen molar-refractivity contribution in [1.82, 2.24) is 9.97 Å². The maximum absolute atomic E-state index is 12.6. The Morgan fingerprint density at radius 3 is 3.07 bits per heavy atom. The molecule has 0 atom stereocenters. The van der Waals surface area contributed by atoms with Gasteiger partial charge in [-0.1, -0.05) is 12.2 Å². The van der Waals surface area contributed by atoms with Crippen LogP contribution in [-0.2, 0) is 0 Å². The van der Waals surface area contributed by atoms with Gasteiger partial charge in [0.25, 0.3) is 0 Å². The molecule has 0 aromatic carbocycles. The first-order chi connectivity index (χ1) is 6.84. The summed E-state index contributed by atoms with van der Waals surface area (Å²) in [6, 6.07) is 1.28. The molecule has 1 heterocycles. The summed E-state index contributed by atoms with van der Waals surface area (Å²) in [5.74, 6) is 0.797. The van der Waals surface area contributed by atoms with Crippen LogP contribution < -0.4 is 5.32 Å². The van der Waals surface area contributed by atoms with Crippen molar-refractivity contribution in [3.05, 3.63) is 30.5 Å². The number of nitrogens with zero attached hydrogens (tertiary/aromatic N) is 2. The summed E-state index contributed by atoms with van der Waals surface area (Å²) in [5.41, 5.74) is 0. The zero-order chi connectivity index (χ0) is 9.80. The van der Waals surface area contributed by atoms with Crippen molar-refractivity contribution in [3.63, 3.8) is 0 Å². The third kappa shape index (κ3) is 2.80. The van der Waals surface area contributed by atoms with E-state index in [2.05, 4.69) is 27.4 Å². The lowest BCUT2D eigenvalue weighted by Gasteiger charge is -2.00. The number of hydrogen-bond donors (Lipinski definition) is 1. The summed E-state index contributed by atoms with van der Waals surface area (Å²) in [5, 5.41) is 2.99. The van der Waals surface area contributed by atoms with Crippen LogP contribution >= 0.6 is 0 Å². The van der Waals surface area contributed by atoms with Crippen LogP contribution in [0.1, 0.15) is 12.8 Å². The summed E-state index contributed by atoms with van der Waals surface area (Å²) in [4.78, 5) is 7.25. The van der Waals surface area contributed by atoms with Crippen molar-refractivity contribution in [2.75, 3.05) is 11.9 Å². The number of halogens is 1.